The van der Waals surface area contributed by atoms with Gasteiger partial charge in [-0.25, -0.2) is 0 Å². The molecule has 1 fully saturated rings. The van der Waals surface area contributed by atoms with Crippen LogP contribution in [0.15, 0.2) is 24.3 Å². The lowest BCUT2D eigenvalue weighted by Crippen LogP contribution is -2.22. The third-order valence-electron chi connectivity index (χ3n) is 5.26. The maximum atomic E-state index is 5.76. The van der Waals surface area contributed by atoms with Crippen LogP contribution in [-0.4, -0.2) is 19.5 Å². The monoisotopic (exact) mass is 378 g/mol. The standard InChI is InChI=1S/C25H46O2/c1-2-3-4-5-6-7-8-9-10-11-12-13-14-15-16-17-18-20-23-26-25-22-19-21-24-27-25/h10-11,14-15,25H,2-9,12-13,16-24H2,1H3/b11-10-,15-14-. The molecular weight excluding hydrogens is 332 g/mol. The number of allylic oxidation sites excluding steroid dienone is 4. The van der Waals surface area contributed by atoms with Gasteiger partial charge in [0.05, 0.1) is 0 Å². The summed E-state index contributed by atoms with van der Waals surface area (Å²) in [7, 11) is 0. The van der Waals surface area contributed by atoms with Gasteiger partial charge < -0.3 is 9.47 Å². The summed E-state index contributed by atoms with van der Waals surface area (Å²) in [6.45, 7) is 4.02. The third kappa shape index (κ3) is 17.2. The van der Waals surface area contributed by atoms with E-state index < -0.39 is 0 Å². The van der Waals surface area contributed by atoms with Crippen LogP contribution in [0.25, 0.3) is 0 Å². The Hall–Kier alpha value is -0.600. The van der Waals surface area contributed by atoms with Crippen molar-refractivity contribution in [3.05, 3.63) is 24.3 Å². The number of unbranched alkanes of at least 4 members (excludes halogenated alkanes) is 11. The highest BCUT2D eigenvalue weighted by atomic mass is 16.7. The zero-order valence-corrected chi connectivity index (χ0v) is 18.1. The molecule has 1 atom stereocenters. The van der Waals surface area contributed by atoms with Gasteiger partial charge in [0.1, 0.15) is 0 Å². The van der Waals surface area contributed by atoms with E-state index in [2.05, 4.69) is 31.2 Å². The van der Waals surface area contributed by atoms with Crippen molar-refractivity contribution < 1.29 is 9.47 Å². The maximum Gasteiger partial charge on any atom is 0.157 e. The van der Waals surface area contributed by atoms with Crippen molar-refractivity contribution in [2.24, 2.45) is 0 Å². The van der Waals surface area contributed by atoms with E-state index in [1.54, 1.807) is 0 Å². The summed E-state index contributed by atoms with van der Waals surface area (Å²) in [5.74, 6) is 0. The smallest absolute Gasteiger partial charge is 0.157 e. The Morgan fingerprint density at radius 1 is 0.704 bits per heavy atom. The number of ether oxygens (including phenoxy) is 2. The zero-order valence-electron chi connectivity index (χ0n) is 18.1. The minimum absolute atomic E-state index is 0.0810. The summed E-state index contributed by atoms with van der Waals surface area (Å²) in [4.78, 5) is 0. The van der Waals surface area contributed by atoms with Crippen LogP contribution >= 0.6 is 0 Å². The summed E-state index contributed by atoms with van der Waals surface area (Å²) in [6.07, 6.45) is 31.5. The summed E-state index contributed by atoms with van der Waals surface area (Å²) in [6, 6.07) is 0. The fraction of sp³-hybridized carbons (Fsp3) is 0.840. The van der Waals surface area contributed by atoms with Crippen molar-refractivity contribution in [1.29, 1.82) is 0 Å². The first-order valence-corrected chi connectivity index (χ1v) is 12.0. The molecule has 1 heterocycles. The third-order valence-corrected chi connectivity index (χ3v) is 5.26. The fourth-order valence-corrected chi connectivity index (χ4v) is 3.48. The first kappa shape index (κ1) is 24.4. The molecule has 1 aliphatic rings. The minimum atomic E-state index is 0.0810. The van der Waals surface area contributed by atoms with Gasteiger partial charge in [-0.1, -0.05) is 76.2 Å². The molecule has 0 amide bonds. The van der Waals surface area contributed by atoms with Crippen molar-refractivity contribution in [2.75, 3.05) is 13.2 Å². The van der Waals surface area contributed by atoms with E-state index >= 15 is 0 Å². The molecule has 1 aliphatic heterocycles. The molecule has 2 nitrogen and oxygen atoms in total. The summed E-state index contributed by atoms with van der Waals surface area (Å²) in [5.41, 5.74) is 0. The van der Waals surface area contributed by atoms with Crippen molar-refractivity contribution >= 4 is 0 Å². The van der Waals surface area contributed by atoms with Crippen LogP contribution in [-0.2, 0) is 9.47 Å². The van der Waals surface area contributed by atoms with Gasteiger partial charge in [0.25, 0.3) is 0 Å². The molecule has 158 valence electrons. The molecular formula is C25H46O2. The molecule has 0 N–H and O–H groups in total. The average molecular weight is 379 g/mol. The minimum Gasteiger partial charge on any atom is -0.353 e. The van der Waals surface area contributed by atoms with Gasteiger partial charge in [-0.2, -0.15) is 0 Å². The SMILES string of the molecule is CCCCCCCCC/C=C\CC/C=C\CCCCCOC1CCCCO1. The molecule has 0 aromatic carbocycles. The van der Waals surface area contributed by atoms with Crippen molar-refractivity contribution in [1.82, 2.24) is 0 Å². The maximum absolute atomic E-state index is 5.76. The van der Waals surface area contributed by atoms with Crippen LogP contribution in [0.5, 0.6) is 0 Å². The predicted octanol–water partition coefficient (Wildman–Crippen LogP) is 8.12. The topological polar surface area (TPSA) is 18.5 Å². The molecule has 0 aromatic heterocycles. The van der Waals surface area contributed by atoms with E-state index in [1.165, 1.54) is 96.3 Å². The molecule has 0 radical (unpaired) electrons. The van der Waals surface area contributed by atoms with Crippen molar-refractivity contribution in [3.8, 4) is 0 Å². The van der Waals surface area contributed by atoms with Gasteiger partial charge >= 0.3 is 0 Å². The van der Waals surface area contributed by atoms with E-state index in [9.17, 15) is 0 Å². The molecule has 0 spiro atoms. The molecule has 0 saturated carbocycles. The van der Waals surface area contributed by atoms with E-state index in [0.29, 0.717) is 0 Å². The highest BCUT2D eigenvalue weighted by Crippen LogP contribution is 2.14. The molecule has 1 rings (SSSR count). The van der Waals surface area contributed by atoms with Gasteiger partial charge in [-0.15, -0.1) is 0 Å². The summed E-state index contributed by atoms with van der Waals surface area (Å²) >= 11 is 0. The second-order valence-corrected chi connectivity index (χ2v) is 7.95. The number of hydrogen-bond acceptors (Lipinski definition) is 2. The lowest BCUT2D eigenvalue weighted by atomic mass is 10.1. The van der Waals surface area contributed by atoms with Crippen LogP contribution in [0.2, 0.25) is 0 Å². The van der Waals surface area contributed by atoms with Gasteiger partial charge in [0.2, 0.25) is 0 Å². The molecule has 0 aromatic rings. The van der Waals surface area contributed by atoms with Gasteiger partial charge in [0, 0.05) is 13.2 Å². The Bertz CT molecular complexity index is 342. The zero-order chi connectivity index (χ0) is 19.3. The normalized spacial score (nSPS) is 18.0. The fourth-order valence-electron chi connectivity index (χ4n) is 3.48. The molecule has 2 heteroatoms. The Morgan fingerprint density at radius 2 is 1.30 bits per heavy atom. The lowest BCUT2D eigenvalue weighted by molar-refractivity contribution is -0.162. The van der Waals surface area contributed by atoms with Crippen LogP contribution in [0.1, 0.15) is 116 Å². The average Bonchev–Trinajstić information content (AvgIpc) is 2.70. The highest BCUT2D eigenvalue weighted by Gasteiger charge is 2.13. The first-order chi connectivity index (χ1) is 13.4. The van der Waals surface area contributed by atoms with Crippen LogP contribution in [0.4, 0.5) is 0 Å². The van der Waals surface area contributed by atoms with Crippen molar-refractivity contribution in [2.45, 2.75) is 122 Å². The largest absolute Gasteiger partial charge is 0.353 e. The molecule has 1 unspecified atom stereocenters. The lowest BCUT2D eigenvalue weighted by Gasteiger charge is -2.22. The van der Waals surface area contributed by atoms with Gasteiger partial charge in [0.15, 0.2) is 6.29 Å². The van der Waals surface area contributed by atoms with E-state index in [1.807, 2.05) is 0 Å². The molecule has 0 aliphatic carbocycles. The van der Waals surface area contributed by atoms with Crippen LogP contribution in [0.3, 0.4) is 0 Å². The van der Waals surface area contributed by atoms with Crippen molar-refractivity contribution in [3.63, 3.8) is 0 Å². The Labute approximate surface area is 169 Å². The first-order valence-electron chi connectivity index (χ1n) is 12.0. The Kier molecular flexibility index (Phi) is 18.2. The Morgan fingerprint density at radius 3 is 1.93 bits per heavy atom. The Balaban J connectivity index is 1.74. The number of hydrogen-bond donors (Lipinski definition) is 0. The predicted molar refractivity (Wildman–Crippen MR) is 118 cm³/mol. The van der Waals surface area contributed by atoms with Crippen LogP contribution in [0, 0.1) is 0 Å². The van der Waals surface area contributed by atoms with Crippen LogP contribution < -0.4 is 0 Å². The van der Waals surface area contributed by atoms with Gasteiger partial charge in [-0.3, -0.25) is 0 Å². The molecule has 0 bridgehead atoms. The van der Waals surface area contributed by atoms with Gasteiger partial charge in [-0.05, 0) is 64.2 Å². The van der Waals surface area contributed by atoms with E-state index in [-0.39, 0.29) is 6.29 Å². The number of rotatable bonds is 18. The second-order valence-electron chi connectivity index (χ2n) is 7.95. The van der Waals surface area contributed by atoms with E-state index in [4.69, 9.17) is 9.47 Å². The molecule has 27 heavy (non-hydrogen) atoms. The highest BCUT2D eigenvalue weighted by molar-refractivity contribution is 4.88. The second kappa shape index (κ2) is 20.1. The summed E-state index contributed by atoms with van der Waals surface area (Å²) < 4.78 is 11.3. The quantitative estimate of drug-likeness (QED) is 0.177. The summed E-state index contributed by atoms with van der Waals surface area (Å²) in [5, 5.41) is 0. The van der Waals surface area contributed by atoms with E-state index in [0.717, 1.165) is 26.1 Å². The molecule has 1 saturated heterocycles.